The van der Waals surface area contributed by atoms with E-state index in [1.807, 2.05) is 6.92 Å². The van der Waals surface area contributed by atoms with Crippen molar-refractivity contribution in [1.82, 2.24) is 20.0 Å². The normalized spacial score (nSPS) is 11.8. The molecule has 2 aromatic rings. The summed E-state index contributed by atoms with van der Waals surface area (Å²) in [6, 6.07) is 0. The van der Waals surface area contributed by atoms with Gasteiger partial charge < -0.3 is 5.32 Å². The molecule has 0 aromatic carbocycles. The zero-order valence-corrected chi connectivity index (χ0v) is 10.4. The van der Waals surface area contributed by atoms with Crippen LogP contribution in [0.5, 0.6) is 0 Å². The maximum atomic E-state index is 12.3. The first-order valence-corrected chi connectivity index (χ1v) is 5.81. The molecule has 2 aromatic heterocycles. The fourth-order valence-electron chi connectivity index (χ4n) is 1.40. The molecule has 0 radical (unpaired) electrons. The van der Waals surface area contributed by atoms with Crippen molar-refractivity contribution in [3.63, 3.8) is 0 Å². The second-order valence-electron chi connectivity index (χ2n) is 3.68. The van der Waals surface area contributed by atoms with Crippen molar-refractivity contribution in [3.8, 4) is 0 Å². The van der Waals surface area contributed by atoms with Gasteiger partial charge in [0.1, 0.15) is 0 Å². The lowest BCUT2D eigenvalue weighted by atomic mass is 10.3. The number of anilines is 1. The Bertz CT molecular complexity index is 545. The van der Waals surface area contributed by atoms with Crippen molar-refractivity contribution >= 4 is 16.5 Å². The molecule has 2 rings (SSSR count). The highest BCUT2D eigenvalue weighted by Gasteiger charge is 2.35. The van der Waals surface area contributed by atoms with Gasteiger partial charge in [0.25, 0.3) is 0 Å². The average Bonchev–Trinajstić information content (AvgIpc) is 2.81. The summed E-state index contributed by atoms with van der Waals surface area (Å²) in [6.07, 6.45) is -2.64. The van der Waals surface area contributed by atoms with Gasteiger partial charge in [-0.3, -0.25) is 4.68 Å². The number of aryl methyl sites for hydroxylation is 2. The Labute approximate surface area is 105 Å². The zero-order valence-electron chi connectivity index (χ0n) is 9.62. The molecule has 5 nitrogen and oxygen atoms in total. The number of nitrogens with one attached hydrogen (secondary N) is 1. The fourth-order valence-corrected chi connectivity index (χ4v) is 2.01. The van der Waals surface area contributed by atoms with Crippen molar-refractivity contribution in [2.45, 2.75) is 19.6 Å². The minimum absolute atomic E-state index is 0.144. The molecule has 0 aliphatic heterocycles. The number of hydrogen-bond donors (Lipinski definition) is 1. The third kappa shape index (κ3) is 2.78. The molecule has 0 amide bonds. The van der Waals surface area contributed by atoms with Crippen molar-refractivity contribution < 1.29 is 13.2 Å². The second kappa shape index (κ2) is 4.56. The molecule has 0 saturated heterocycles. The molecule has 0 aliphatic carbocycles. The monoisotopic (exact) mass is 277 g/mol. The Morgan fingerprint density at radius 2 is 2.11 bits per heavy atom. The van der Waals surface area contributed by atoms with Crippen LogP contribution < -0.4 is 5.32 Å². The summed E-state index contributed by atoms with van der Waals surface area (Å²) in [5.74, 6) is 0. The molecular formula is C9H10F3N5S. The van der Waals surface area contributed by atoms with E-state index >= 15 is 0 Å². The quantitative estimate of drug-likeness (QED) is 0.934. The Morgan fingerprint density at radius 1 is 1.39 bits per heavy atom. The highest BCUT2D eigenvalue weighted by molar-refractivity contribution is 7.15. The molecule has 0 aliphatic rings. The Kier molecular flexibility index (Phi) is 3.24. The molecule has 0 unspecified atom stereocenters. The van der Waals surface area contributed by atoms with Crippen LogP contribution in [-0.4, -0.2) is 20.0 Å². The van der Waals surface area contributed by atoms with E-state index in [2.05, 4.69) is 20.6 Å². The lowest BCUT2D eigenvalue weighted by Crippen LogP contribution is -2.03. The van der Waals surface area contributed by atoms with E-state index in [-0.39, 0.29) is 5.13 Å². The molecule has 18 heavy (non-hydrogen) atoms. The molecule has 0 saturated carbocycles. The van der Waals surface area contributed by atoms with Crippen LogP contribution in [0.15, 0.2) is 6.20 Å². The SMILES string of the molecule is Cc1nn(C)cc1CNc1nnc(C(F)(F)F)s1. The fraction of sp³-hybridized carbons (Fsp3) is 0.444. The smallest absolute Gasteiger partial charge is 0.356 e. The van der Waals surface area contributed by atoms with E-state index in [9.17, 15) is 13.2 Å². The largest absolute Gasteiger partial charge is 0.445 e. The number of nitrogens with zero attached hydrogens (tertiary/aromatic N) is 4. The van der Waals surface area contributed by atoms with E-state index in [4.69, 9.17) is 0 Å². The van der Waals surface area contributed by atoms with E-state index in [1.165, 1.54) is 0 Å². The standard InChI is InChI=1S/C9H10F3N5S/c1-5-6(4-17(2)16-5)3-13-8-15-14-7(18-8)9(10,11)12/h4H,3H2,1-2H3,(H,13,15). The van der Waals surface area contributed by atoms with Crippen molar-refractivity contribution in [1.29, 1.82) is 0 Å². The number of halogens is 3. The number of aromatic nitrogens is 4. The van der Waals surface area contributed by atoms with Gasteiger partial charge in [-0.05, 0) is 6.92 Å². The van der Waals surface area contributed by atoms with Crippen molar-refractivity contribution in [2.75, 3.05) is 5.32 Å². The van der Waals surface area contributed by atoms with E-state index in [0.717, 1.165) is 11.3 Å². The third-order valence-electron chi connectivity index (χ3n) is 2.21. The predicted octanol–water partition coefficient (Wildman–Crippen LogP) is 2.21. The lowest BCUT2D eigenvalue weighted by molar-refractivity contribution is -0.138. The summed E-state index contributed by atoms with van der Waals surface area (Å²) < 4.78 is 38.5. The van der Waals surface area contributed by atoms with E-state index in [0.29, 0.717) is 17.9 Å². The van der Waals surface area contributed by atoms with Gasteiger partial charge in [-0.15, -0.1) is 10.2 Å². The van der Waals surface area contributed by atoms with Crippen LogP contribution in [0.3, 0.4) is 0 Å². The molecule has 0 atom stereocenters. The van der Waals surface area contributed by atoms with Crippen LogP contribution in [0.1, 0.15) is 16.3 Å². The summed E-state index contributed by atoms with van der Waals surface area (Å²) >= 11 is 0.486. The van der Waals surface area contributed by atoms with Gasteiger partial charge in [-0.25, -0.2) is 0 Å². The summed E-state index contributed by atoms with van der Waals surface area (Å²) in [6.45, 7) is 2.20. The Balaban J connectivity index is 2.03. The molecule has 98 valence electrons. The summed E-state index contributed by atoms with van der Waals surface area (Å²) in [7, 11) is 1.78. The maximum absolute atomic E-state index is 12.3. The molecular weight excluding hydrogens is 267 g/mol. The zero-order chi connectivity index (χ0) is 13.3. The minimum atomic E-state index is -4.44. The van der Waals surface area contributed by atoms with Gasteiger partial charge in [0, 0.05) is 25.4 Å². The van der Waals surface area contributed by atoms with Gasteiger partial charge in [0.05, 0.1) is 5.69 Å². The van der Waals surface area contributed by atoms with Crippen LogP contribution in [0.2, 0.25) is 0 Å². The van der Waals surface area contributed by atoms with Crippen LogP contribution in [0.25, 0.3) is 0 Å². The van der Waals surface area contributed by atoms with Crippen LogP contribution in [-0.2, 0) is 19.8 Å². The average molecular weight is 277 g/mol. The molecule has 0 spiro atoms. The minimum Gasteiger partial charge on any atom is -0.356 e. The lowest BCUT2D eigenvalue weighted by Gasteiger charge is -2.00. The van der Waals surface area contributed by atoms with Crippen molar-refractivity contribution in [3.05, 3.63) is 22.5 Å². The van der Waals surface area contributed by atoms with Gasteiger partial charge in [0.15, 0.2) is 0 Å². The summed E-state index contributed by atoms with van der Waals surface area (Å²) in [5, 5.41) is 12.7. The van der Waals surface area contributed by atoms with Gasteiger partial charge >= 0.3 is 6.18 Å². The van der Waals surface area contributed by atoms with Gasteiger partial charge in [-0.2, -0.15) is 18.3 Å². The summed E-state index contributed by atoms with van der Waals surface area (Å²) in [5.41, 5.74) is 1.73. The highest BCUT2D eigenvalue weighted by Crippen LogP contribution is 2.33. The number of hydrogen-bond acceptors (Lipinski definition) is 5. The first-order chi connectivity index (χ1) is 8.36. The first-order valence-electron chi connectivity index (χ1n) is 5.00. The van der Waals surface area contributed by atoms with E-state index < -0.39 is 11.2 Å². The highest BCUT2D eigenvalue weighted by atomic mass is 32.1. The Hall–Kier alpha value is -1.64. The molecule has 1 N–H and O–H groups in total. The molecule has 0 bridgehead atoms. The van der Waals surface area contributed by atoms with Gasteiger partial charge in [-0.1, -0.05) is 11.3 Å². The maximum Gasteiger partial charge on any atom is 0.445 e. The first kappa shape index (κ1) is 12.8. The number of rotatable bonds is 3. The molecule has 9 heteroatoms. The molecule has 0 fully saturated rings. The third-order valence-corrected chi connectivity index (χ3v) is 3.14. The Morgan fingerprint density at radius 3 is 2.61 bits per heavy atom. The summed E-state index contributed by atoms with van der Waals surface area (Å²) in [4.78, 5) is 0. The van der Waals surface area contributed by atoms with Crippen LogP contribution in [0, 0.1) is 6.92 Å². The second-order valence-corrected chi connectivity index (χ2v) is 4.65. The predicted molar refractivity (Wildman–Crippen MR) is 60.2 cm³/mol. The topological polar surface area (TPSA) is 55.6 Å². The van der Waals surface area contributed by atoms with E-state index in [1.54, 1.807) is 17.9 Å². The van der Waals surface area contributed by atoms with Crippen LogP contribution >= 0.6 is 11.3 Å². The van der Waals surface area contributed by atoms with Crippen molar-refractivity contribution in [2.24, 2.45) is 7.05 Å². The molecule has 2 heterocycles. The van der Waals surface area contributed by atoms with Gasteiger partial charge in [0.2, 0.25) is 10.1 Å². The number of alkyl halides is 3. The van der Waals surface area contributed by atoms with Crippen LogP contribution in [0.4, 0.5) is 18.3 Å².